The lowest BCUT2D eigenvalue weighted by atomic mass is 10.2. The highest BCUT2D eigenvalue weighted by Gasteiger charge is 2.23. The number of pyridine rings is 1. The van der Waals surface area contributed by atoms with Crippen LogP contribution in [0.1, 0.15) is 26.7 Å². The van der Waals surface area contributed by atoms with Crippen LogP contribution in [0.3, 0.4) is 0 Å². The summed E-state index contributed by atoms with van der Waals surface area (Å²) < 4.78 is 11.0. The number of nitrogen functional groups attached to an aromatic ring is 1. The summed E-state index contributed by atoms with van der Waals surface area (Å²) in [6.07, 6.45) is 2.51. The first-order chi connectivity index (χ1) is 10.1. The summed E-state index contributed by atoms with van der Waals surface area (Å²) in [5.74, 6) is 2.71. The maximum Gasteiger partial charge on any atom is 0.239 e. The van der Waals surface area contributed by atoms with E-state index in [1.54, 1.807) is 7.11 Å². The molecule has 0 saturated heterocycles. The van der Waals surface area contributed by atoms with Crippen LogP contribution >= 0.6 is 0 Å². The Morgan fingerprint density at radius 2 is 2.14 bits per heavy atom. The summed E-state index contributed by atoms with van der Waals surface area (Å²) >= 11 is 0. The van der Waals surface area contributed by atoms with Gasteiger partial charge in [0.15, 0.2) is 0 Å². The Morgan fingerprint density at radius 3 is 2.76 bits per heavy atom. The van der Waals surface area contributed by atoms with Crippen molar-refractivity contribution in [1.82, 2.24) is 4.98 Å². The zero-order chi connectivity index (χ0) is 15.2. The van der Waals surface area contributed by atoms with E-state index < -0.39 is 0 Å². The molecule has 1 aromatic rings. The van der Waals surface area contributed by atoms with Gasteiger partial charge in [0.1, 0.15) is 5.82 Å². The zero-order valence-electron chi connectivity index (χ0n) is 13.3. The molecule has 5 nitrogen and oxygen atoms in total. The number of hydrogen-bond donors (Lipinski definition) is 1. The SMILES string of the molecule is COCCN(CC(C)C)c1ccc(N)c(OCC2CC2)n1. The molecule has 21 heavy (non-hydrogen) atoms. The summed E-state index contributed by atoms with van der Waals surface area (Å²) in [5, 5.41) is 0. The smallest absolute Gasteiger partial charge is 0.239 e. The number of aromatic nitrogens is 1. The molecule has 0 bridgehead atoms. The van der Waals surface area contributed by atoms with Gasteiger partial charge in [-0.2, -0.15) is 4.98 Å². The van der Waals surface area contributed by atoms with Crippen molar-refractivity contribution in [2.75, 3.05) is 44.0 Å². The van der Waals surface area contributed by atoms with Crippen LogP contribution in [0.15, 0.2) is 12.1 Å². The second-order valence-electron chi connectivity index (χ2n) is 6.15. The number of ether oxygens (including phenoxy) is 2. The normalized spacial score (nSPS) is 14.5. The minimum atomic E-state index is 0.553. The summed E-state index contributed by atoms with van der Waals surface area (Å²) in [7, 11) is 1.72. The highest BCUT2D eigenvalue weighted by atomic mass is 16.5. The number of nitrogens with zero attached hydrogens (tertiary/aromatic N) is 2. The van der Waals surface area contributed by atoms with Gasteiger partial charge in [0.2, 0.25) is 5.88 Å². The van der Waals surface area contributed by atoms with E-state index in [9.17, 15) is 0 Å². The molecule has 1 fully saturated rings. The van der Waals surface area contributed by atoms with Crippen LogP contribution < -0.4 is 15.4 Å². The van der Waals surface area contributed by atoms with Gasteiger partial charge in [0.05, 0.1) is 18.9 Å². The van der Waals surface area contributed by atoms with Crippen LogP contribution in [0, 0.1) is 11.8 Å². The monoisotopic (exact) mass is 293 g/mol. The molecule has 5 heteroatoms. The Morgan fingerprint density at radius 1 is 1.38 bits per heavy atom. The van der Waals surface area contributed by atoms with Gasteiger partial charge in [0.25, 0.3) is 0 Å². The van der Waals surface area contributed by atoms with Crippen LogP contribution in [0.25, 0.3) is 0 Å². The maximum absolute atomic E-state index is 5.97. The fraction of sp³-hybridized carbons (Fsp3) is 0.688. The first-order valence-electron chi connectivity index (χ1n) is 7.73. The van der Waals surface area contributed by atoms with Crippen molar-refractivity contribution in [2.24, 2.45) is 11.8 Å². The lowest BCUT2D eigenvalue weighted by molar-refractivity contribution is 0.204. The van der Waals surface area contributed by atoms with Crippen molar-refractivity contribution in [1.29, 1.82) is 0 Å². The Hall–Kier alpha value is -1.49. The largest absolute Gasteiger partial charge is 0.476 e. The molecule has 118 valence electrons. The van der Waals surface area contributed by atoms with Crippen molar-refractivity contribution in [3.8, 4) is 5.88 Å². The van der Waals surface area contributed by atoms with E-state index in [0.29, 0.717) is 30.0 Å². The fourth-order valence-electron chi connectivity index (χ4n) is 2.16. The minimum absolute atomic E-state index is 0.553. The average Bonchev–Trinajstić information content (AvgIpc) is 3.26. The van der Waals surface area contributed by atoms with Crippen LogP contribution in [0.2, 0.25) is 0 Å². The molecule has 0 spiro atoms. The third-order valence-corrected chi connectivity index (χ3v) is 3.50. The molecule has 1 saturated carbocycles. The highest BCUT2D eigenvalue weighted by Crippen LogP contribution is 2.31. The number of nitrogens with two attached hydrogens (primary N) is 1. The predicted octanol–water partition coefficient (Wildman–Crippen LogP) is 2.56. The molecule has 2 N–H and O–H groups in total. The molecule has 0 atom stereocenters. The predicted molar refractivity (Wildman–Crippen MR) is 85.8 cm³/mol. The average molecular weight is 293 g/mol. The van der Waals surface area contributed by atoms with Crippen molar-refractivity contribution in [3.05, 3.63) is 12.1 Å². The van der Waals surface area contributed by atoms with Crippen molar-refractivity contribution < 1.29 is 9.47 Å². The van der Waals surface area contributed by atoms with E-state index in [1.165, 1.54) is 12.8 Å². The van der Waals surface area contributed by atoms with Gasteiger partial charge in [0, 0.05) is 20.2 Å². The lowest BCUT2D eigenvalue weighted by Gasteiger charge is -2.26. The summed E-state index contributed by atoms with van der Waals surface area (Å²) in [6, 6.07) is 3.84. The Balaban J connectivity index is 2.08. The van der Waals surface area contributed by atoms with E-state index in [0.717, 1.165) is 25.5 Å². The van der Waals surface area contributed by atoms with Crippen LogP contribution in [0.4, 0.5) is 11.5 Å². The van der Waals surface area contributed by atoms with Crippen LogP contribution in [-0.4, -0.2) is 38.4 Å². The summed E-state index contributed by atoms with van der Waals surface area (Å²) in [5.41, 5.74) is 6.57. The van der Waals surface area contributed by atoms with Gasteiger partial charge >= 0.3 is 0 Å². The van der Waals surface area contributed by atoms with E-state index in [1.807, 2.05) is 12.1 Å². The standard InChI is InChI=1S/C16H27N3O2/c1-12(2)10-19(8-9-20-3)15-7-6-14(17)16(18-15)21-11-13-4-5-13/h6-7,12-13H,4-5,8-11,17H2,1-3H3. The second-order valence-corrected chi connectivity index (χ2v) is 6.15. The van der Waals surface area contributed by atoms with Crippen molar-refractivity contribution >= 4 is 11.5 Å². The highest BCUT2D eigenvalue weighted by molar-refractivity contribution is 5.54. The molecule has 0 unspecified atom stereocenters. The first-order valence-corrected chi connectivity index (χ1v) is 7.73. The number of rotatable bonds is 9. The molecule has 0 amide bonds. The quantitative estimate of drug-likeness (QED) is 0.758. The number of anilines is 2. The molecule has 2 rings (SSSR count). The minimum Gasteiger partial charge on any atom is -0.476 e. The van der Waals surface area contributed by atoms with Gasteiger partial charge in [-0.15, -0.1) is 0 Å². The lowest BCUT2D eigenvalue weighted by Crippen LogP contribution is -2.31. The maximum atomic E-state index is 5.97. The van der Waals surface area contributed by atoms with E-state index in [-0.39, 0.29) is 0 Å². The molecular formula is C16H27N3O2. The number of hydrogen-bond acceptors (Lipinski definition) is 5. The van der Waals surface area contributed by atoms with Gasteiger partial charge < -0.3 is 20.1 Å². The molecule has 1 aliphatic rings. The van der Waals surface area contributed by atoms with Gasteiger partial charge in [-0.3, -0.25) is 0 Å². The third-order valence-electron chi connectivity index (χ3n) is 3.50. The molecule has 0 aromatic carbocycles. The molecular weight excluding hydrogens is 266 g/mol. The first kappa shape index (κ1) is 15.9. The van der Waals surface area contributed by atoms with Crippen molar-refractivity contribution in [2.45, 2.75) is 26.7 Å². The van der Waals surface area contributed by atoms with Gasteiger partial charge in [-0.1, -0.05) is 13.8 Å². The Labute approximate surface area is 127 Å². The zero-order valence-corrected chi connectivity index (χ0v) is 13.3. The van der Waals surface area contributed by atoms with Crippen LogP contribution in [0.5, 0.6) is 5.88 Å². The Bertz CT molecular complexity index is 447. The van der Waals surface area contributed by atoms with Crippen LogP contribution in [-0.2, 0) is 4.74 Å². The molecule has 1 aliphatic carbocycles. The van der Waals surface area contributed by atoms with Gasteiger partial charge in [-0.05, 0) is 36.8 Å². The summed E-state index contributed by atoms with van der Waals surface area (Å²) in [4.78, 5) is 6.82. The van der Waals surface area contributed by atoms with E-state index >= 15 is 0 Å². The Kier molecular flexibility index (Phi) is 5.67. The summed E-state index contributed by atoms with van der Waals surface area (Å²) in [6.45, 7) is 7.54. The molecule has 0 radical (unpaired) electrons. The molecule has 0 aliphatic heterocycles. The third kappa shape index (κ3) is 5.08. The number of methoxy groups -OCH3 is 1. The fourth-order valence-corrected chi connectivity index (χ4v) is 2.16. The molecule has 1 heterocycles. The van der Waals surface area contributed by atoms with Gasteiger partial charge in [-0.25, -0.2) is 0 Å². The van der Waals surface area contributed by atoms with E-state index in [4.69, 9.17) is 15.2 Å². The van der Waals surface area contributed by atoms with Crippen molar-refractivity contribution in [3.63, 3.8) is 0 Å². The van der Waals surface area contributed by atoms with E-state index in [2.05, 4.69) is 23.7 Å². The molecule has 1 aromatic heterocycles. The second kappa shape index (κ2) is 7.50. The topological polar surface area (TPSA) is 60.6 Å².